The molecule has 0 saturated heterocycles. The van der Waals surface area contributed by atoms with Crippen molar-refractivity contribution in [1.29, 1.82) is 0 Å². The van der Waals surface area contributed by atoms with Gasteiger partial charge in [0.2, 0.25) is 0 Å². The van der Waals surface area contributed by atoms with Crippen molar-refractivity contribution < 1.29 is 28.6 Å². The number of unbranched alkanes of at least 4 members (excludes halogenated alkanes) is 21. The van der Waals surface area contributed by atoms with Gasteiger partial charge >= 0.3 is 17.9 Å². The first kappa shape index (κ1) is 51.4. The molecule has 0 spiro atoms. The van der Waals surface area contributed by atoms with E-state index in [9.17, 15) is 14.4 Å². The van der Waals surface area contributed by atoms with Gasteiger partial charge in [-0.15, -0.1) is 0 Å². The van der Waals surface area contributed by atoms with Crippen LogP contribution in [0.1, 0.15) is 220 Å². The van der Waals surface area contributed by atoms with Crippen molar-refractivity contribution in [2.24, 2.45) is 0 Å². The molecule has 6 heteroatoms. The Bertz CT molecular complexity index is 964. The van der Waals surface area contributed by atoms with E-state index in [0.29, 0.717) is 19.3 Å². The summed E-state index contributed by atoms with van der Waals surface area (Å²) < 4.78 is 16.7. The van der Waals surface area contributed by atoms with E-state index >= 15 is 0 Å². The van der Waals surface area contributed by atoms with Gasteiger partial charge in [0.1, 0.15) is 13.2 Å². The van der Waals surface area contributed by atoms with Crippen LogP contribution in [0.4, 0.5) is 0 Å². The Labute approximate surface area is 333 Å². The second kappa shape index (κ2) is 43.1. The van der Waals surface area contributed by atoms with Gasteiger partial charge in [-0.3, -0.25) is 14.4 Å². The van der Waals surface area contributed by atoms with Gasteiger partial charge in [-0.05, 0) is 70.6 Å². The first-order valence-corrected chi connectivity index (χ1v) is 22.6. The number of hydrogen-bond donors (Lipinski definition) is 0. The smallest absolute Gasteiger partial charge is 0.306 e. The summed E-state index contributed by atoms with van der Waals surface area (Å²) >= 11 is 0. The second-order valence-electron chi connectivity index (χ2n) is 14.9. The minimum Gasteiger partial charge on any atom is -0.462 e. The third-order valence-corrected chi connectivity index (χ3v) is 9.58. The number of rotatable bonds is 40. The molecule has 0 aromatic heterocycles. The second-order valence-corrected chi connectivity index (χ2v) is 14.9. The fourth-order valence-electron chi connectivity index (χ4n) is 6.22. The largest absolute Gasteiger partial charge is 0.462 e. The maximum Gasteiger partial charge on any atom is 0.306 e. The molecule has 0 aromatic rings. The summed E-state index contributed by atoms with van der Waals surface area (Å²) in [5, 5.41) is 0. The number of allylic oxidation sites excluding steroid dienone is 8. The standard InChI is InChI=1S/C48H84O6/c1-4-7-10-13-16-19-22-24-25-27-29-32-35-38-41-47(50)53-44-45(43-52-46(49)40-37-34-31-28-21-18-15-12-9-6-3)54-48(51)42-39-36-33-30-26-23-20-17-14-11-8-5-2/h7-8,10-11,16-17,19-20,45H,4-6,9,12-15,18,21-44H2,1-3H3/b10-7-,11-8-,19-16-,20-17-. The highest BCUT2D eigenvalue weighted by molar-refractivity contribution is 5.71. The van der Waals surface area contributed by atoms with Crippen LogP contribution < -0.4 is 0 Å². The zero-order valence-corrected chi connectivity index (χ0v) is 35.5. The topological polar surface area (TPSA) is 78.9 Å². The summed E-state index contributed by atoms with van der Waals surface area (Å²) in [6, 6.07) is 0. The van der Waals surface area contributed by atoms with E-state index in [1.54, 1.807) is 0 Å². The van der Waals surface area contributed by atoms with Crippen LogP contribution in [0.2, 0.25) is 0 Å². The molecular weight excluding hydrogens is 673 g/mol. The van der Waals surface area contributed by atoms with E-state index in [2.05, 4.69) is 69.4 Å². The average molecular weight is 757 g/mol. The molecule has 312 valence electrons. The van der Waals surface area contributed by atoms with Crippen LogP contribution in [0.15, 0.2) is 48.6 Å². The van der Waals surface area contributed by atoms with Crippen LogP contribution in [-0.4, -0.2) is 37.2 Å². The van der Waals surface area contributed by atoms with Crippen molar-refractivity contribution in [2.45, 2.75) is 226 Å². The van der Waals surface area contributed by atoms with Gasteiger partial charge in [-0.25, -0.2) is 0 Å². The first-order chi connectivity index (χ1) is 26.5. The van der Waals surface area contributed by atoms with Gasteiger partial charge in [-0.1, -0.05) is 179 Å². The lowest BCUT2D eigenvalue weighted by Gasteiger charge is -2.18. The van der Waals surface area contributed by atoms with E-state index in [1.165, 1.54) is 70.6 Å². The number of carbonyl (C=O) groups is 3. The number of ether oxygens (including phenoxy) is 3. The summed E-state index contributed by atoms with van der Waals surface area (Å²) in [6.07, 6.45) is 49.5. The molecule has 54 heavy (non-hydrogen) atoms. The van der Waals surface area contributed by atoms with E-state index in [1.807, 2.05) is 0 Å². The molecule has 0 aliphatic carbocycles. The van der Waals surface area contributed by atoms with E-state index in [0.717, 1.165) is 109 Å². The third kappa shape index (κ3) is 40.6. The number of carbonyl (C=O) groups excluding carboxylic acids is 3. The monoisotopic (exact) mass is 757 g/mol. The van der Waals surface area contributed by atoms with E-state index < -0.39 is 6.10 Å². The first-order valence-electron chi connectivity index (χ1n) is 22.6. The Balaban J connectivity index is 4.38. The molecule has 0 radical (unpaired) electrons. The molecule has 0 aromatic carbocycles. The lowest BCUT2D eigenvalue weighted by atomic mass is 10.1. The van der Waals surface area contributed by atoms with Gasteiger partial charge < -0.3 is 14.2 Å². The summed E-state index contributed by atoms with van der Waals surface area (Å²) in [7, 11) is 0. The van der Waals surface area contributed by atoms with E-state index in [4.69, 9.17) is 14.2 Å². The number of esters is 3. The van der Waals surface area contributed by atoms with Crippen molar-refractivity contribution in [3.8, 4) is 0 Å². The van der Waals surface area contributed by atoms with E-state index in [-0.39, 0.29) is 31.1 Å². The van der Waals surface area contributed by atoms with Crippen molar-refractivity contribution in [1.82, 2.24) is 0 Å². The molecule has 0 heterocycles. The fraction of sp³-hybridized carbons (Fsp3) is 0.771. The molecule has 0 N–H and O–H groups in total. The lowest BCUT2D eigenvalue weighted by Crippen LogP contribution is -2.30. The molecule has 0 amide bonds. The summed E-state index contributed by atoms with van der Waals surface area (Å²) in [5.41, 5.74) is 0. The SMILES string of the molecule is CC/C=C\C/C=C\CCCCCCCCCC(=O)OCC(COC(=O)CCCCCCCCCCCC)OC(=O)CCCCCCC/C=C\C/C=C\CC. The Morgan fingerprint density at radius 2 is 0.722 bits per heavy atom. The highest BCUT2D eigenvalue weighted by Gasteiger charge is 2.19. The van der Waals surface area contributed by atoms with Crippen molar-refractivity contribution in [3.63, 3.8) is 0 Å². The zero-order chi connectivity index (χ0) is 39.4. The zero-order valence-electron chi connectivity index (χ0n) is 35.5. The molecule has 0 aliphatic heterocycles. The quantitative estimate of drug-likeness (QED) is 0.0268. The molecular formula is C48H84O6. The highest BCUT2D eigenvalue weighted by atomic mass is 16.6. The van der Waals surface area contributed by atoms with Crippen molar-refractivity contribution >= 4 is 17.9 Å². The van der Waals surface area contributed by atoms with Gasteiger partial charge in [0.05, 0.1) is 0 Å². The van der Waals surface area contributed by atoms with Crippen molar-refractivity contribution in [2.75, 3.05) is 13.2 Å². The molecule has 1 unspecified atom stereocenters. The molecule has 1 atom stereocenters. The Kier molecular flexibility index (Phi) is 41.0. The summed E-state index contributed by atoms with van der Waals surface area (Å²) in [6.45, 7) is 6.38. The van der Waals surface area contributed by atoms with Gasteiger partial charge in [0.25, 0.3) is 0 Å². The summed E-state index contributed by atoms with van der Waals surface area (Å²) in [4.78, 5) is 37.7. The maximum atomic E-state index is 12.7. The van der Waals surface area contributed by atoms with Crippen LogP contribution in [0.3, 0.4) is 0 Å². The van der Waals surface area contributed by atoms with Gasteiger partial charge in [0.15, 0.2) is 6.10 Å². The van der Waals surface area contributed by atoms with Gasteiger partial charge in [0, 0.05) is 19.3 Å². The molecule has 0 saturated carbocycles. The minimum absolute atomic E-state index is 0.0803. The normalized spacial score (nSPS) is 12.4. The molecule has 0 aliphatic rings. The average Bonchev–Trinajstić information content (AvgIpc) is 3.17. The Morgan fingerprint density at radius 1 is 0.389 bits per heavy atom. The fourth-order valence-corrected chi connectivity index (χ4v) is 6.22. The molecule has 0 bridgehead atoms. The molecule has 0 rings (SSSR count). The predicted molar refractivity (Wildman–Crippen MR) is 229 cm³/mol. The summed E-state index contributed by atoms with van der Waals surface area (Å²) in [5.74, 6) is -0.906. The minimum atomic E-state index is -0.778. The Hall–Kier alpha value is -2.63. The van der Waals surface area contributed by atoms with Gasteiger partial charge in [-0.2, -0.15) is 0 Å². The van der Waals surface area contributed by atoms with Crippen LogP contribution in [0.5, 0.6) is 0 Å². The highest BCUT2D eigenvalue weighted by Crippen LogP contribution is 2.14. The maximum absolute atomic E-state index is 12.7. The van der Waals surface area contributed by atoms with Crippen LogP contribution in [-0.2, 0) is 28.6 Å². The van der Waals surface area contributed by atoms with Crippen LogP contribution in [0, 0.1) is 0 Å². The van der Waals surface area contributed by atoms with Crippen molar-refractivity contribution in [3.05, 3.63) is 48.6 Å². The predicted octanol–water partition coefficient (Wildman–Crippen LogP) is 14.4. The third-order valence-electron chi connectivity index (χ3n) is 9.58. The van der Waals surface area contributed by atoms with Crippen LogP contribution in [0.25, 0.3) is 0 Å². The number of hydrogen-bond acceptors (Lipinski definition) is 6. The lowest BCUT2D eigenvalue weighted by molar-refractivity contribution is -0.167. The molecule has 0 fully saturated rings. The molecule has 6 nitrogen and oxygen atoms in total. The van der Waals surface area contributed by atoms with Crippen LogP contribution >= 0.6 is 0 Å². The Morgan fingerprint density at radius 3 is 1.11 bits per heavy atom.